The third kappa shape index (κ3) is 4.13. The minimum absolute atomic E-state index is 0.0101. The number of para-hydroxylation sites is 1. The van der Waals surface area contributed by atoms with Gasteiger partial charge in [-0.05, 0) is 30.3 Å². The third-order valence-corrected chi connectivity index (χ3v) is 5.07. The van der Waals surface area contributed by atoms with Crippen molar-refractivity contribution in [3.63, 3.8) is 0 Å². The zero-order valence-corrected chi connectivity index (χ0v) is 16.1. The van der Waals surface area contributed by atoms with Gasteiger partial charge in [0, 0.05) is 17.1 Å². The van der Waals surface area contributed by atoms with E-state index < -0.39 is 22.3 Å². The predicted octanol–water partition coefficient (Wildman–Crippen LogP) is 4.67. The molecule has 0 fully saturated rings. The van der Waals surface area contributed by atoms with Gasteiger partial charge >= 0.3 is 5.69 Å². The molecule has 8 nitrogen and oxygen atoms in total. The van der Waals surface area contributed by atoms with Gasteiger partial charge < -0.3 is 9.73 Å². The maximum atomic E-state index is 13.4. The Hall–Kier alpha value is -3.79. The molecule has 10 heteroatoms. The number of furan rings is 1. The van der Waals surface area contributed by atoms with Crippen LogP contribution in [0.25, 0.3) is 22.5 Å². The molecule has 0 spiro atoms. The molecule has 4 rings (SSSR count). The summed E-state index contributed by atoms with van der Waals surface area (Å²) in [4.78, 5) is 31.4. The molecule has 0 aliphatic carbocycles. The summed E-state index contributed by atoms with van der Waals surface area (Å²) in [5.74, 6) is -0.487. The first kappa shape index (κ1) is 19.5. The molecule has 0 radical (unpaired) electrons. The number of aromatic nitrogens is 2. The van der Waals surface area contributed by atoms with E-state index in [4.69, 9.17) is 4.42 Å². The van der Waals surface area contributed by atoms with Crippen LogP contribution in [0.1, 0.15) is 0 Å². The van der Waals surface area contributed by atoms with Gasteiger partial charge in [-0.2, -0.15) is 4.39 Å². The number of halogens is 1. The number of hydrogen-bond donors (Lipinski definition) is 1. The number of thioether (sulfide) groups is 1. The Kier molecular flexibility index (Phi) is 5.40. The van der Waals surface area contributed by atoms with Crippen LogP contribution in [-0.4, -0.2) is 26.6 Å². The second-order valence-electron chi connectivity index (χ2n) is 6.11. The van der Waals surface area contributed by atoms with Crippen molar-refractivity contribution in [2.45, 2.75) is 5.03 Å². The molecule has 1 N–H and O–H groups in total. The van der Waals surface area contributed by atoms with Gasteiger partial charge in [0.15, 0.2) is 11.6 Å². The van der Waals surface area contributed by atoms with Gasteiger partial charge in [0.05, 0.1) is 22.5 Å². The number of nitro benzene ring substituents is 1. The SMILES string of the molecule is O=C(CSc1nc(-c2ccco2)nc2ccccc12)Nc1ccc(F)c([N+](=O)[O-])c1. The number of carbonyl (C=O) groups is 1. The molecule has 2 aromatic carbocycles. The van der Waals surface area contributed by atoms with E-state index in [1.165, 1.54) is 24.1 Å². The topological polar surface area (TPSA) is 111 Å². The summed E-state index contributed by atoms with van der Waals surface area (Å²) in [6, 6.07) is 14.0. The molecule has 1 amide bonds. The molecule has 0 atom stereocenters. The van der Waals surface area contributed by atoms with E-state index in [2.05, 4.69) is 15.3 Å². The molecule has 2 heterocycles. The first-order valence-corrected chi connectivity index (χ1v) is 9.67. The van der Waals surface area contributed by atoms with Crippen molar-refractivity contribution in [2.24, 2.45) is 0 Å². The Balaban J connectivity index is 1.54. The molecule has 0 bridgehead atoms. The number of nitro groups is 1. The molecule has 0 unspecified atom stereocenters. The van der Waals surface area contributed by atoms with Crippen molar-refractivity contribution < 1.29 is 18.5 Å². The Morgan fingerprint density at radius 2 is 2.00 bits per heavy atom. The Morgan fingerprint density at radius 3 is 2.77 bits per heavy atom. The Bertz CT molecular complexity index is 1250. The monoisotopic (exact) mass is 424 g/mol. The number of hydrogen-bond acceptors (Lipinski definition) is 7. The number of fused-ring (bicyclic) bond motifs is 1. The van der Waals surface area contributed by atoms with Crippen molar-refractivity contribution >= 4 is 39.9 Å². The van der Waals surface area contributed by atoms with Crippen LogP contribution in [0.5, 0.6) is 0 Å². The van der Waals surface area contributed by atoms with Crippen LogP contribution in [0.3, 0.4) is 0 Å². The summed E-state index contributed by atoms with van der Waals surface area (Å²) in [6.45, 7) is 0. The van der Waals surface area contributed by atoms with Gasteiger partial charge in [-0.3, -0.25) is 14.9 Å². The largest absolute Gasteiger partial charge is 0.461 e. The summed E-state index contributed by atoms with van der Waals surface area (Å²) in [7, 11) is 0. The molecule has 2 aromatic heterocycles. The van der Waals surface area contributed by atoms with Crippen molar-refractivity contribution in [3.8, 4) is 11.6 Å². The average Bonchev–Trinajstić information content (AvgIpc) is 3.28. The second-order valence-corrected chi connectivity index (χ2v) is 7.07. The zero-order chi connectivity index (χ0) is 21.1. The number of anilines is 1. The van der Waals surface area contributed by atoms with Crippen molar-refractivity contribution in [1.29, 1.82) is 0 Å². The molecule has 0 aliphatic heterocycles. The first-order chi connectivity index (χ1) is 14.5. The van der Waals surface area contributed by atoms with E-state index in [9.17, 15) is 19.3 Å². The van der Waals surface area contributed by atoms with Crippen LogP contribution in [0.15, 0.2) is 70.3 Å². The van der Waals surface area contributed by atoms with Crippen LogP contribution in [0.4, 0.5) is 15.8 Å². The van der Waals surface area contributed by atoms with Gasteiger partial charge in [-0.25, -0.2) is 9.97 Å². The van der Waals surface area contributed by atoms with E-state index in [0.29, 0.717) is 22.1 Å². The number of nitrogens with zero attached hydrogens (tertiary/aromatic N) is 3. The summed E-state index contributed by atoms with van der Waals surface area (Å²) < 4.78 is 18.8. The van der Waals surface area contributed by atoms with Crippen LogP contribution in [0, 0.1) is 15.9 Å². The molecule has 30 heavy (non-hydrogen) atoms. The molecule has 150 valence electrons. The van der Waals surface area contributed by atoms with E-state index in [0.717, 1.165) is 17.5 Å². The highest BCUT2D eigenvalue weighted by molar-refractivity contribution is 8.00. The fourth-order valence-corrected chi connectivity index (χ4v) is 3.55. The molecule has 4 aromatic rings. The number of nitrogens with one attached hydrogen (secondary N) is 1. The summed E-state index contributed by atoms with van der Waals surface area (Å²) in [5, 5.41) is 14.8. The average molecular weight is 424 g/mol. The quantitative estimate of drug-likeness (QED) is 0.207. The Morgan fingerprint density at radius 1 is 1.17 bits per heavy atom. The van der Waals surface area contributed by atoms with Gasteiger partial charge in [-0.15, -0.1) is 0 Å². The minimum Gasteiger partial charge on any atom is -0.461 e. The van der Waals surface area contributed by atoms with Crippen LogP contribution >= 0.6 is 11.8 Å². The number of carbonyl (C=O) groups excluding carboxylic acids is 1. The molecule has 0 aliphatic rings. The second kappa shape index (κ2) is 8.29. The number of rotatable bonds is 6. The fraction of sp³-hybridized carbons (Fsp3) is 0.0500. The first-order valence-electron chi connectivity index (χ1n) is 8.68. The fourth-order valence-electron chi connectivity index (χ4n) is 2.73. The lowest BCUT2D eigenvalue weighted by atomic mass is 10.2. The lowest BCUT2D eigenvalue weighted by molar-refractivity contribution is -0.387. The Labute approximate surface area is 173 Å². The summed E-state index contributed by atoms with van der Waals surface area (Å²) >= 11 is 1.19. The third-order valence-electron chi connectivity index (χ3n) is 4.08. The lowest BCUT2D eigenvalue weighted by Gasteiger charge is -2.08. The van der Waals surface area contributed by atoms with Crippen molar-refractivity contribution in [2.75, 3.05) is 11.1 Å². The van der Waals surface area contributed by atoms with Gasteiger partial charge in [0.2, 0.25) is 11.7 Å². The normalized spacial score (nSPS) is 10.8. The van der Waals surface area contributed by atoms with Crippen LogP contribution in [0.2, 0.25) is 0 Å². The smallest absolute Gasteiger partial charge is 0.306 e. The highest BCUT2D eigenvalue weighted by Crippen LogP contribution is 2.29. The lowest BCUT2D eigenvalue weighted by Crippen LogP contribution is -2.14. The van der Waals surface area contributed by atoms with Gasteiger partial charge in [0.1, 0.15) is 5.03 Å². The number of amides is 1. The highest BCUT2D eigenvalue weighted by Gasteiger charge is 2.16. The molecular formula is C20H13FN4O4S. The van der Waals surface area contributed by atoms with E-state index >= 15 is 0 Å². The van der Waals surface area contributed by atoms with E-state index in [-0.39, 0.29) is 11.4 Å². The minimum atomic E-state index is -0.967. The van der Waals surface area contributed by atoms with Crippen molar-refractivity contribution in [3.05, 3.63) is 76.8 Å². The highest BCUT2D eigenvalue weighted by atomic mass is 32.2. The molecular weight excluding hydrogens is 411 g/mol. The van der Waals surface area contributed by atoms with E-state index in [1.807, 2.05) is 24.3 Å². The standard InChI is InChI=1S/C20H13FN4O4S/c21-14-8-7-12(10-16(14)25(27)28)22-18(26)11-30-20-13-4-1-2-5-15(13)23-19(24-20)17-6-3-9-29-17/h1-10H,11H2,(H,22,26). The predicted molar refractivity (Wildman–Crippen MR) is 110 cm³/mol. The summed E-state index contributed by atoms with van der Waals surface area (Å²) in [6.07, 6.45) is 1.52. The van der Waals surface area contributed by atoms with Crippen LogP contribution < -0.4 is 5.32 Å². The maximum Gasteiger partial charge on any atom is 0.306 e. The zero-order valence-electron chi connectivity index (χ0n) is 15.2. The van der Waals surface area contributed by atoms with E-state index in [1.54, 1.807) is 12.1 Å². The van der Waals surface area contributed by atoms with Crippen molar-refractivity contribution in [1.82, 2.24) is 9.97 Å². The molecule has 0 saturated carbocycles. The van der Waals surface area contributed by atoms with Gasteiger partial charge in [-0.1, -0.05) is 30.0 Å². The van der Waals surface area contributed by atoms with Gasteiger partial charge in [0.25, 0.3) is 0 Å². The summed E-state index contributed by atoms with van der Waals surface area (Å²) in [5.41, 5.74) is 0.138. The maximum absolute atomic E-state index is 13.4. The number of benzene rings is 2. The van der Waals surface area contributed by atoms with Crippen LogP contribution in [-0.2, 0) is 4.79 Å². The molecule has 0 saturated heterocycles.